The van der Waals surface area contributed by atoms with Crippen molar-refractivity contribution in [3.8, 4) is 0 Å². The highest BCUT2D eigenvalue weighted by Crippen LogP contribution is 2.43. The van der Waals surface area contributed by atoms with Crippen LogP contribution < -0.4 is 0 Å². The van der Waals surface area contributed by atoms with E-state index in [4.69, 9.17) is 18.5 Å². The maximum atomic E-state index is 12.8. The van der Waals surface area contributed by atoms with E-state index in [-0.39, 0.29) is 32.0 Å². The Morgan fingerprint density at radius 3 is 1.10 bits per heavy atom. The number of hydrogen-bond acceptors (Lipinski definition) is 7. The molecule has 0 fully saturated rings. The number of rotatable bonds is 58. The van der Waals surface area contributed by atoms with Crippen LogP contribution in [-0.4, -0.2) is 74.9 Å². The molecule has 0 spiro atoms. The van der Waals surface area contributed by atoms with Crippen molar-refractivity contribution < 1.29 is 42.1 Å². The molecule has 0 amide bonds. The van der Waals surface area contributed by atoms with E-state index >= 15 is 0 Å². The van der Waals surface area contributed by atoms with Crippen LogP contribution in [0.3, 0.4) is 0 Å². The number of quaternary nitrogens is 1. The predicted octanol–water partition coefficient (Wildman–Crippen LogP) is 20.2. The third-order valence-electron chi connectivity index (χ3n) is 13.7. The molecule has 77 heavy (non-hydrogen) atoms. The standard InChI is InChI=1S/C67H120NO8P/c1-6-8-10-12-14-16-18-20-22-24-26-28-30-32-33-34-35-36-38-40-42-44-46-48-50-52-54-56-58-60-67(70)76-65(64-75-77(71,72)74-62-61-68(3,4)5)63-73-66(69)59-57-55-53-51-49-47-45-43-41-39-37-31-29-27-25-23-21-19-17-15-13-11-9-7-2/h8,10,14,16,20,22,26,28,32-33,35-36,40,42,65H,6-7,9,11-13,15,17-19,21,23-25,27,29-31,34,37-39,41,43-64H2,1-5H3/p+1/b10-8-,16-14-,22-20-,28-26-,33-32-,36-35-,42-40-. The van der Waals surface area contributed by atoms with E-state index in [0.717, 1.165) is 89.9 Å². The molecule has 0 aromatic carbocycles. The van der Waals surface area contributed by atoms with E-state index in [9.17, 15) is 19.0 Å². The monoisotopic (exact) mass is 1100 g/mol. The molecule has 10 heteroatoms. The number of allylic oxidation sites excluding steroid dienone is 14. The molecule has 446 valence electrons. The summed E-state index contributed by atoms with van der Waals surface area (Å²) in [5.74, 6) is -0.803. The Kier molecular flexibility index (Phi) is 55.8. The van der Waals surface area contributed by atoms with Gasteiger partial charge in [0.15, 0.2) is 6.10 Å². The number of phosphoric acid groups is 1. The van der Waals surface area contributed by atoms with Crippen LogP contribution in [0.2, 0.25) is 0 Å². The molecule has 0 saturated heterocycles. The van der Waals surface area contributed by atoms with Gasteiger partial charge < -0.3 is 18.9 Å². The van der Waals surface area contributed by atoms with Crippen molar-refractivity contribution in [3.05, 3.63) is 85.1 Å². The largest absolute Gasteiger partial charge is 0.472 e. The number of likely N-dealkylation sites (N-methyl/N-ethyl adjacent to an activating group) is 1. The normalized spacial score (nSPS) is 13.8. The molecule has 0 aliphatic carbocycles. The fraction of sp³-hybridized carbons (Fsp3) is 0.761. The summed E-state index contributed by atoms with van der Waals surface area (Å²) in [6.45, 7) is 4.34. The molecule has 2 unspecified atom stereocenters. The molecule has 0 aliphatic rings. The number of phosphoric ester groups is 1. The Labute approximate surface area is 475 Å². The second-order valence-corrected chi connectivity index (χ2v) is 23.9. The van der Waals surface area contributed by atoms with Crippen molar-refractivity contribution in [2.45, 2.75) is 283 Å². The average Bonchev–Trinajstić information content (AvgIpc) is 3.39. The molecule has 2 atom stereocenters. The number of unbranched alkanes of at least 4 members (excludes halogenated alkanes) is 30. The molecular weight excluding hydrogens is 978 g/mol. The maximum absolute atomic E-state index is 12.8. The summed E-state index contributed by atoms with van der Waals surface area (Å²) >= 11 is 0. The first-order valence-corrected chi connectivity index (χ1v) is 33.3. The Balaban J connectivity index is 4.15. The van der Waals surface area contributed by atoms with Gasteiger partial charge >= 0.3 is 19.8 Å². The number of carbonyl (C=O) groups excluding carboxylic acids is 2. The molecule has 9 nitrogen and oxygen atoms in total. The van der Waals surface area contributed by atoms with Crippen molar-refractivity contribution in [1.29, 1.82) is 0 Å². The van der Waals surface area contributed by atoms with Crippen LogP contribution in [0.15, 0.2) is 85.1 Å². The zero-order valence-corrected chi connectivity index (χ0v) is 51.6. The van der Waals surface area contributed by atoms with Crippen molar-refractivity contribution in [3.63, 3.8) is 0 Å². The molecule has 1 N–H and O–H groups in total. The first-order chi connectivity index (χ1) is 37.5. The number of esters is 2. The fourth-order valence-electron chi connectivity index (χ4n) is 8.82. The lowest BCUT2D eigenvalue weighted by Crippen LogP contribution is -2.37. The van der Waals surface area contributed by atoms with E-state index in [1.807, 2.05) is 21.1 Å². The summed E-state index contributed by atoms with van der Waals surface area (Å²) < 4.78 is 34.6. The van der Waals surface area contributed by atoms with E-state index < -0.39 is 26.5 Å². The van der Waals surface area contributed by atoms with Crippen LogP contribution in [0.4, 0.5) is 0 Å². The highest BCUT2D eigenvalue weighted by atomic mass is 31.2. The third-order valence-corrected chi connectivity index (χ3v) is 14.7. The maximum Gasteiger partial charge on any atom is 0.472 e. The fourth-order valence-corrected chi connectivity index (χ4v) is 9.56. The van der Waals surface area contributed by atoms with Gasteiger partial charge in [0.1, 0.15) is 19.8 Å². The highest BCUT2D eigenvalue weighted by Gasteiger charge is 2.27. The third kappa shape index (κ3) is 62.3. The van der Waals surface area contributed by atoms with Crippen molar-refractivity contribution in [1.82, 2.24) is 0 Å². The zero-order valence-electron chi connectivity index (χ0n) is 50.7. The molecule has 0 aromatic heterocycles. The van der Waals surface area contributed by atoms with E-state index in [0.29, 0.717) is 17.4 Å². The van der Waals surface area contributed by atoms with Crippen molar-refractivity contribution in [2.24, 2.45) is 0 Å². The first-order valence-electron chi connectivity index (χ1n) is 31.8. The van der Waals surface area contributed by atoms with Gasteiger partial charge in [-0.2, -0.15) is 0 Å². The lowest BCUT2D eigenvalue weighted by Gasteiger charge is -2.24. The summed E-state index contributed by atoms with van der Waals surface area (Å²) in [6.07, 6.45) is 78.0. The summed E-state index contributed by atoms with van der Waals surface area (Å²) in [5.41, 5.74) is 0. The Morgan fingerprint density at radius 1 is 0.416 bits per heavy atom. The zero-order chi connectivity index (χ0) is 56.3. The van der Waals surface area contributed by atoms with Gasteiger partial charge in [0.2, 0.25) is 0 Å². The van der Waals surface area contributed by atoms with Gasteiger partial charge in [0.25, 0.3) is 0 Å². The molecule has 0 aromatic rings. The van der Waals surface area contributed by atoms with Gasteiger partial charge in [-0.15, -0.1) is 0 Å². The van der Waals surface area contributed by atoms with Crippen LogP contribution in [-0.2, 0) is 32.7 Å². The lowest BCUT2D eigenvalue weighted by molar-refractivity contribution is -0.870. The van der Waals surface area contributed by atoms with Gasteiger partial charge in [-0.25, -0.2) is 4.57 Å². The second-order valence-electron chi connectivity index (χ2n) is 22.4. The van der Waals surface area contributed by atoms with Crippen molar-refractivity contribution >= 4 is 19.8 Å². The van der Waals surface area contributed by atoms with Crippen LogP contribution in [0.1, 0.15) is 277 Å². The minimum absolute atomic E-state index is 0.0269. The molecule has 0 radical (unpaired) electrons. The summed E-state index contributed by atoms with van der Waals surface area (Å²) in [5, 5.41) is 0. The quantitative estimate of drug-likeness (QED) is 0.0211. The van der Waals surface area contributed by atoms with Gasteiger partial charge in [-0.3, -0.25) is 18.6 Å². The highest BCUT2D eigenvalue weighted by molar-refractivity contribution is 7.47. The van der Waals surface area contributed by atoms with Crippen LogP contribution >= 0.6 is 7.82 Å². The van der Waals surface area contributed by atoms with Crippen LogP contribution in [0.25, 0.3) is 0 Å². The predicted molar refractivity (Wildman–Crippen MR) is 330 cm³/mol. The average molecular weight is 1100 g/mol. The van der Waals surface area contributed by atoms with E-state index in [1.54, 1.807) is 0 Å². The number of hydrogen-bond donors (Lipinski definition) is 1. The molecular formula is C67H121NO8P+. The molecule has 0 saturated carbocycles. The Hall–Kier alpha value is -2.81. The minimum Gasteiger partial charge on any atom is -0.462 e. The molecule has 0 heterocycles. The Morgan fingerprint density at radius 2 is 0.740 bits per heavy atom. The van der Waals surface area contributed by atoms with E-state index in [2.05, 4.69) is 98.9 Å². The second kappa shape index (κ2) is 57.9. The van der Waals surface area contributed by atoms with Gasteiger partial charge in [0, 0.05) is 12.8 Å². The van der Waals surface area contributed by atoms with Gasteiger partial charge in [0.05, 0.1) is 27.7 Å². The molecule has 0 bridgehead atoms. The summed E-state index contributed by atoms with van der Waals surface area (Å²) in [7, 11) is 1.47. The number of ether oxygens (including phenoxy) is 2. The summed E-state index contributed by atoms with van der Waals surface area (Å²) in [6, 6.07) is 0. The summed E-state index contributed by atoms with van der Waals surface area (Å²) in [4.78, 5) is 35.8. The van der Waals surface area contributed by atoms with Crippen molar-refractivity contribution in [2.75, 3.05) is 47.5 Å². The molecule has 0 aliphatic heterocycles. The SMILES string of the molecule is CC/C=C\C/C=C\C/C=C\C/C=C\C/C=C\C/C=C\C/C=C\CCCCCCCCCC(=O)OC(COC(=O)CCCCCCCCCCCCCCCCCCCCCCCCCC)COP(=O)(O)OCC[N+](C)(C)C. The first kappa shape index (κ1) is 74.2. The van der Waals surface area contributed by atoms with Crippen LogP contribution in [0, 0.1) is 0 Å². The molecule has 0 rings (SSSR count). The number of carbonyl (C=O) groups is 2. The van der Waals surface area contributed by atoms with Crippen LogP contribution in [0.5, 0.6) is 0 Å². The van der Waals surface area contributed by atoms with Gasteiger partial charge in [-0.1, -0.05) is 279 Å². The lowest BCUT2D eigenvalue weighted by atomic mass is 10.0. The van der Waals surface area contributed by atoms with Gasteiger partial charge in [-0.05, 0) is 70.6 Å². The smallest absolute Gasteiger partial charge is 0.462 e. The number of nitrogens with zero attached hydrogens (tertiary/aromatic N) is 1. The van der Waals surface area contributed by atoms with E-state index in [1.165, 1.54) is 154 Å². The minimum atomic E-state index is -4.40. The topological polar surface area (TPSA) is 108 Å². The Bertz CT molecular complexity index is 1580.